The van der Waals surface area contributed by atoms with Crippen LogP contribution >= 0.6 is 27.3 Å². The lowest BCUT2D eigenvalue weighted by molar-refractivity contribution is -0.137. The summed E-state index contributed by atoms with van der Waals surface area (Å²) >= 11 is 5.10. The SMILES string of the molecule is CCCC1C(=O)NC(=O)CC1c1sccc1Br. The Kier molecular flexibility index (Phi) is 3.99. The van der Waals surface area contributed by atoms with Gasteiger partial charge < -0.3 is 0 Å². The van der Waals surface area contributed by atoms with E-state index >= 15 is 0 Å². The minimum Gasteiger partial charge on any atom is -0.296 e. The Hall–Kier alpha value is -0.680. The molecule has 0 spiro atoms. The second kappa shape index (κ2) is 5.31. The highest BCUT2D eigenvalue weighted by Crippen LogP contribution is 2.40. The van der Waals surface area contributed by atoms with Crippen molar-refractivity contribution in [2.75, 3.05) is 0 Å². The molecule has 1 aromatic heterocycles. The number of carbonyl (C=O) groups excluding carboxylic acids is 2. The molecular weight excluding hydrogens is 302 g/mol. The van der Waals surface area contributed by atoms with E-state index in [-0.39, 0.29) is 23.7 Å². The van der Waals surface area contributed by atoms with Gasteiger partial charge in [0, 0.05) is 27.6 Å². The summed E-state index contributed by atoms with van der Waals surface area (Å²) in [4.78, 5) is 24.5. The van der Waals surface area contributed by atoms with Crippen molar-refractivity contribution in [3.8, 4) is 0 Å². The van der Waals surface area contributed by atoms with Gasteiger partial charge in [0.05, 0.1) is 0 Å². The van der Waals surface area contributed by atoms with Crippen molar-refractivity contribution in [3.05, 3.63) is 20.8 Å². The first-order valence-corrected chi connectivity index (χ1v) is 7.37. The molecule has 1 aromatic rings. The molecule has 1 saturated heterocycles. The van der Waals surface area contributed by atoms with Crippen LogP contribution in [0.1, 0.15) is 37.0 Å². The summed E-state index contributed by atoms with van der Waals surface area (Å²) in [6, 6.07) is 1.97. The molecular formula is C12H14BrNO2S. The highest BCUT2D eigenvalue weighted by atomic mass is 79.9. The standard InChI is InChI=1S/C12H14BrNO2S/c1-2-3-7-8(6-10(15)14-12(7)16)11-9(13)4-5-17-11/h4-5,7-8H,2-3,6H2,1H3,(H,14,15,16). The van der Waals surface area contributed by atoms with Gasteiger partial charge in [0.1, 0.15) is 0 Å². The monoisotopic (exact) mass is 315 g/mol. The molecule has 1 fully saturated rings. The Morgan fingerprint density at radius 1 is 1.53 bits per heavy atom. The number of nitrogens with one attached hydrogen (secondary N) is 1. The minimum absolute atomic E-state index is 0.0329. The molecule has 2 amide bonds. The molecule has 2 unspecified atom stereocenters. The minimum atomic E-state index is -0.160. The van der Waals surface area contributed by atoms with Crippen LogP contribution in [-0.2, 0) is 9.59 Å². The molecule has 2 heterocycles. The smallest absolute Gasteiger partial charge is 0.230 e. The van der Waals surface area contributed by atoms with E-state index < -0.39 is 0 Å². The number of carbonyl (C=O) groups is 2. The van der Waals surface area contributed by atoms with Gasteiger partial charge in [-0.15, -0.1) is 11.3 Å². The average Bonchev–Trinajstić information content (AvgIpc) is 2.68. The number of rotatable bonds is 3. The Labute approximate surface area is 113 Å². The van der Waals surface area contributed by atoms with Crippen LogP contribution in [0.2, 0.25) is 0 Å². The topological polar surface area (TPSA) is 46.2 Å². The maximum absolute atomic E-state index is 11.9. The Balaban J connectivity index is 2.30. The molecule has 1 N–H and O–H groups in total. The van der Waals surface area contributed by atoms with Gasteiger partial charge in [0.15, 0.2) is 0 Å². The van der Waals surface area contributed by atoms with E-state index in [4.69, 9.17) is 0 Å². The van der Waals surface area contributed by atoms with E-state index in [0.29, 0.717) is 6.42 Å². The quantitative estimate of drug-likeness (QED) is 0.871. The molecule has 1 aliphatic rings. The predicted octanol–water partition coefficient (Wildman–Crippen LogP) is 3.06. The number of thiophene rings is 1. The second-order valence-corrected chi connectivity index (χ2v) is 6.05. The second-order valence-electron chi connectivity index (χ2n) is 4.25. The average molecular weight is 316 g/mol. The molecule has 92 valence electrons. The first-order chi connectivity index (χ1) is 8.13. The zero-order valence-corrected chi connectivity index (χ0v) is 11.9. The number of hydrogen-bond acceptors (Lipinski definition) is 3. The van der Waals surface area contributed by atoms with Crippen LogP contribution in [0.5, 0.6) is 0 Å². The lowest BCUT2D eigenvalue weighted by Gasteiger charge is -2.29. The first-order valence-electron chi connectivity index (χ1n) is 5.70. The lowest BCUT2D eigenvalue weighted by atomic mass is 9.81. The molecule has 17 heavy (non-hydrogen) atoms. The maximum Gasteiger partial charge on any atom is 0.230 e. The summed E-state index contributed by atoms with van der Waals surface area (Å²) in [5.41, 5.74) is 0. The fraction of sp³-hybridized carbons (Fsp3) is 0.500. The van der Waals surface area contributed by atoms with Gasteiger partial charge in [-0.25, -0.2) is 0 Å². The van der Waals surface area contributed by atoms with E-state index in [1.165, 1.54) is 0 Å². The van der Waals surface area contributed by atoms with Crippen LogP contribution < -0.4 is 5.32 Å². The number of imide groups is 1. The predicted molar refractivity (Wildman–Crippen MR) is 70.9 cm³/mol. The zero-order valence-electron chi connectivity index (χ0n) is 9.53. The van der Waals surface area contributed by atoms with E-state index in [0.717, 1.165) is 22.2 Å². The van der Waals surface area contributed by atoms with Crippen LogP contribution in [0.15, 0.2) is 15.9 Å². The number of halogens is 1. The molecule has 2 rings (SSSR count). The molecule has 0 saturated carbocycles. The largest absolute Gasteiger partial charge is 0.296 e. The summed E-state index contributed by atoms with van der Waals surface area (Å²) in [7, 11) is 0. The van der Waals surface area contributed by atoms with Crippen LogP contribution in [-0.4, -0.2) is 11.8 Å². The zero-order chi connectivity index (χ0) is 12.4. The Bertz CT molecular complexity index is 443. The van der Waals surface area contributed by atoms with Crippen LogP contribution in [0.25, 0.3) is 0 Å². The molecule has 5 heteroatoms. The van der Waals surface area contributed by atoms with Gasteiger partial charge in [0.2, 0.25) is 11.8 Å². The van der Waals surface area contributed by atoms with Crippen molar-refractivity contribution in [2.45, 2.75) is 32.1 Å². The van der Waals surface area contributed by atoms with E-state index in [9.17, 15) is 9.59 Å². The summed E-state index contributed by atoms with van der Waals surface area (Å²) < 4.78 is 1.01. The molecule has 3 nitrogen and oxygen atoms in total. The number of amides is 2. The summed E-state index contributed by atoms with van der Waals surface area (Å²) in [5, 5.41) is 4.42. The molecule has 0 aromatic carbocycles. The van der Waals surface area contributed by atoms with Crippen LogP contribution in [0.3, 0.4) is 0 Å². The third-order valence-electron chi connectivity index (χ3n) is 3.07. The fourth-order valence-corrected chi connectivity index (χ4v) is 4.13. The normalized spacial score (nSPS) is 24.8. The van der Waals surface area contributed by atoms with Gasteiger partial charge in [-0.05, 0) is 33.8 Å². The third-order valence-corrected chi connectivity index (χ3v) is 5.07. The van der Waals surface area contributed by atoms with Gasteiger partial charge >= 0.3 is 0 Å². The highest BCUT2D eigenvalue weighted by Gasteiger charge is 2.37. The van der Waals surface area contributed by atoms with Gasteiger partial charge in [-0.2, -0.15) is 0 Å². The van der Waals surface area contributed by atoms with E-state index in [1.54, 1.807) is 11.3 Å². The lowest BCUT2D eigenvalue weighted by Crippen LogP contribution is -2.44. The van der Waals surface area contributed by atoms with Crippen molar-refractivity contribution in [2.24, 2.45) is 5.92 Å². The van der Waals surface area contributed by atoms with Crippen molar-refractivity contribution in [1.82, 2.24) is 5.32 Å². The molecule has 0 aliphatic carbocycles. The maximum atomic E-state index is 11.9. The van der Waals surface area contributed by atoms with Gasteiger partial charge in [-0.1, -0.05) is 13.3 Å². The van der Waals surface area contributed by atoms with E-state index in [1.807, 2.05) is 11.4 Å². The van der Waals surface area contributed by atoms with Crippen LogP contribution in [0.4, 0.5) is 0 Å². The first kappa shape index (κ1) is 12.8. The van der Waals surface area contributed by atoms with Crippen molar-refractivity contribution < 1.29 is 9.59 Å². The summed E-state index contributed by atoms with van der Waals surface area (Å²) in [6.07, 6.45) is 2.19. The molecule has 0 radical (unpaired) electrons. The van der Waals surface area contributed by atoms with Crippen molar-refractivity contribution in [3.63, 3.8) is 0 Å². The van der Waals surface area contributed by atoms with E-state index in [2.05, 4.69) is 28.2 Å². The number of hydrogen-bond donors (Lipinski definition) is 1. The molecule has 2 atom stereocenters. The Morgan fingerprint density at radius 3 is 2.88 bits per heavy atom. The molecule has 1 aliphatic heterocycles. The van der Waals surface area contributed by atoms with Gasteiger partial charge in [-0.3, -0.25) is 14.9 Å². The third kappa shape index (κ3) is 2.60. The van der Waals surface area contributed by atoms with Crippen molar-refractivity contribution in [1.29, 1.82) is 0 Å². The van der Waals surface area contributed by atoms with Gasteiger partial charge in [0.25, 0.3) is 0 Å². The molecule has 0 bridgehead atoms. The summed E-state index contributed by atoms with van der Waals surface area (Å²) in [5.74, 6) is -0.320. The Morgan fingerprint density at radius 2 is 2.29 bits per heavy atom. The fourth-order valence-electron chi connectivity index (χ4n) is 2.29. The van der Waals surface area contributed by atoms with Crippen LogP contribution in [0, 0.1) is 5.92 Å². The summed E-state index contributed by atoms with van der Waals surface area (Å²) in [6.45, 7) is 2.06. The van der Waals surface area contributed by atoms with Crippen molar-refractivity contribution >= 4 is 39.1 Å². The highest BCUT2D eigenvalue weighted by molar-refractivity contribution is 9.10. The number of piperidine rings is 1.